The van der Waals surface area contributed by atoms with Crippen molar-refractivity contribution in [1.82, 2.24) is 9.62 Å². The Balaban J connectivity index is 0.00000400. The van der Waals surface area contributed by atoms with Crippen LogP contribution in [0.15, 0.2) is 0 Å². The maximum absolute atomic E-state index is 12.2. The Hall–Kier alpha value is -0.370. The molecule has 1 fully saturated rings. The Kier molecular flexibility index (Phi) is 9.44. The molecule has 1 unspecified atom stereocenters. The van der Waals surface area contributed by atoms with Crippen LogP contribution in [0, 0.1) is 11.8 Å². The molecule has 0 aromatic rings. The highest BCUT2D eigenvalue weighted by Gasteiger charge is 2.31. The minimum atomic E-state index is -3.24. The van der Waals surface area contributed by atoms with E-state index in [0.29, 0.717) is 38.5 Å². The predicted molar refractivity (Wildman–Crippen MR) is 86.9 cm³/mol. The number of piperidine rings is 1. The highest BCUT2D eigenvalue weighted by atomic mass is 35.5. The second-order valence-corrected chi connectivity index (χ2v) is 7.86. The van der Waals surface area contributed by atoms with Gasteiger partial charge in [0.1, 0.15) is 0 Å². The van der Waals surface area contributed by atoms with Gasteiger partial charge in [-0.1, -0.05) is 13.8 Å². The topological polar surface area (TPSA) is 92.5 Å². The highest BCUT2D eigenvalue weighted by Crippen LogP contribution is 2.20. The molecular formula is C13H28ClN3O3S. The van der Waals surface area contributed by atoms with Crippen LogP contribution in [-0.2, 0) is 14.8 Å². The lowest BCUT2D eigenvalue weighted by molar-refractivity contribution is -0.126. The summed E-state index contributed by atoms with van der Waals surface area (Å²) in [6.07, 6.45) is 2.14. The molecule has 1 aliphatic rings. The van der Waals surface area contributed by atoms with Gasteiger partial charge in [0.2, 0.25) is 15.9 Å². The van der Waals surface area contributed by atoms with Gasteiger partial charge in [-0.05, 0) is 25.2 Å². The third kappa shape index (κ3) is 6.95. The van der Waals surface area contributed by atoms with Crippen LogP contribution >= 0.6 is 12.4 Å². The number of hydrogen-bond donors (Lipinski definition) is 2. The van der Waals surface area contributed by atoms with E-state index in [9.17, 15) is 13.2 Å². The zero-order chi connectivity index (χ0) is 15.2. The summed E-state index contributed by atoms with van der Waals surface area (Å²) < 4.78 is 26.0. The maximum atomic E-state index is 12.2. The number of nitrogens with zero attached hydrogens (tertiary/aromatic N) is 1. The molecule has 1 aliphatic heterocycles. The third-order valence-corrected chi connectivity index (χ3v) is 5.42. The van der Waals surface area contributed by atoms with Crippen LogP contribution in [0.25, 0.3) is 0 Å². The number of rotatable bonds is 7. The average molecular weight is 342 g/mol. The first kappa shape index (κ1) is 20.6. The molecule has 0 bridgehead atoms. The van der Waals surface area contributed by atoms with Crippen LogP contribution in [0.4, 0.5) is 0 Å². The molecule has 1 amide bonds. The number of sulfonamides is 1. The summed E-state index contributed by atoms with van der Waals surface area (Å²) in [5, 5.41) is 2.74. The number of amides is 1. The molecular weight excluding hydrogens is 314 g/mol. The van der Waals surface area contributed by atoms with E-state index < -0.39 is 10.0 Å². The Morgan fingerprint density at radius 3 is 2.67 bits per heavy atom. The van der Waals surface area contributed by atoms with Crippen LogP contribution in [-0.4, -0.2) is 50.6 Å². The van der Waals surface area contributed by atoms with Crippen LogP contribution in [0.3, 0.4) is 0 Å². The summed E-state index contributed by atoms with van der Waals surface area (Å²) >= 11 is 0. The predicted octanol–water partition coefficient (Wildman–Crippen LogP) is 0.571. The van der Waals surface area contributed by atoms with Gasteiger partial charge in [-0.2, -0.15) is 0 Å². The Morgan fingerprint density at radius 2 is 2.10 bits per heavy atom. The van der Waals surface area contributed by atoms with E-state index in [1.54, 1.807) is 0 Å². The molecule has 0 aromatic carbocycles. The summed E-state index contributed by atoms with van der Waals surface area (Å²) in [5.41, 5.74) is 5.35. The lowest BCUT2D eigenvalue weighted by Gasteiger charge is -2.31. The van der Waals surface area contributed by atoms with E-state index in [4.69, 9.17) is 5.73 Å². The van der Waals surface area contributed by atoms with Crippen LogP contribution in [0.1, 0.15) is 33.1 Å². The van der Waals surface area contributed by atoms with Crippen molar-refractivity contribution < 1.29 is 13.2 Å². The summed E-state index contributed by atoms with van der Waals surface area (Å²) in [4.78, 5) is 11.9. The maximum Gasteiger partial charge on any atom is 0.224 e. The minimum absolute atomic E-state index is 0. The third-order valence-electron chi connectivity index (χ3n) is 3.55. The van der Waals surface area contributed by atoms with Crippen molar-refractivity contribution in [2.45, 2.75) is 33.1 Å². The van der Waals surface area contributed by atoms with Crippen molar-refractivity contribution in [3.8, 4) is 0 Å². The van der Waals surface area contributed by atoms with Crippen molar-refractivity contribution in [3.05, 3.63) is 0 Å². The summed E-state index contributed by atoms with van der Waals surface area (Å²) in [7, 11) is -3.24. The molecule has 1 heterocycles. The molecule has 0 aliphatic carbocycles. The van der Waals surface area contributed by atoms with E-state index in [-0.39, 0.29) is 30.0 Å². The fraction of sp³-hybridized carbons (Fsp3) is 0.923. The van der Waals surface area contributed by atoms with Gasteiger partial charge >= 0.3 is 0 Å². The van der Waals surface area contributed by atoms with E-state index in [2.05, 4.69) is 5.32 Å². The molecule has 0 radical (unpaired) electrons. The van der Waals surface area contributed by atoms with Crippen LogP contribution < -0.4 is 11.1 Å². The van der Waals surface area contributed by atoms with Crippen LogP contribution in [0.2, 0.25) is 0 Å². The van der Waals surface area contributed by atoms with E-state index in [1.165, 1.54) is 4.31 Å². The monoisotopic (exact) mass is 341 g/mol. The van der Waals surface area contributed by atoms with E-state index in [1.807, 2.05) is 13.8 Å². The van der Waals surface area contributed by atoms with Gasteiger partial charge < -0.3 is 11.1 Å². The first-order chi connectivity index (χ1) is 9.36. The SMILES string of the molecule is CC(C)CCS(=O)(=O)N1CCCC(C(=O)NCCN)C1.Cl. The molecule has 0 aromatic heterocycles. The zero-order valence-corrected chi connectivity index (χ0v) is 14.5. The zero-order valence-electron chi connectivity index (χ0n) is 12.9. The number of hydrogen-bond acceptors (Lipinski definition) is 4. The first-order valence-corrected chi connectivity index (χ1v) is 8.93. The molecule has 6 nitrogen and oxygen atoms in total. The van der Waals surface area contributed by atoms with Crippen molar-refractivity contribution >= 4 is 28.3 Å². The molecule has 8 heteroatoms. The van der Waals surface area contributed by atoms with Gasteiger partial charge in [0.25, 0.3) is 0 Å². The summed E-state index contributed by atoms with van der Waals surface area (Å²) in [6, 6.07) is 0. The molecule has 0 saturated carbocycles. The Labute approximate surface area is 134 Å². The highest BCUT2D eigenvalue weighted by molar-refractivity contribution is 7.89. The molecule has 21 heavy (non-hydrogen) atoms. The summed E-state index contributed by atoms with van der Waals surface area (Å²) in [6.45, 7) is 5.69. The molecule has 1 rings (SSSR count). The van der Waals surface area contributed by atoms with E-state index >= 15 is 0 Å². The first-order valence-electron chi connectivity index (χ1n) is 7.32. The standard InChI is InChI=1S/C13H27N3O3S.ClH/c1-11(2)5-9-20(18,19)16-8-3-4-12(10-16)13(17)15-7-6-14;/h11-12H,3-10,14H2,1-2H3,(H,15,17);1H. The lowest BCUT2D eigenvalue weighted by Crippen LogP contribution is -2.46. The molecule has 3 N–H and O–H groups in total. The van der Waals surface area contributed by atoms with Gasteiger partial charge in [-0.15, -0.1) is 12.4 Å². The van der Waals surface area contributed by atoms with Gasteiger partial charge in [0.15, 0.2) is 0 Å². The number of carbonyl (C=O) groups is 1. The lowest BCUT2D eigenvalue weighted by atomic mass is 9.99. The fourth-order valence-corrected chi connectivity index (χ4v) is 4.10. The Morgan fingerprint density at radius 1 is 1.43 bits per heavy atom. The van der Waals surface area contributed by atoms with Crippen LogP contribution in [0.5, 0.6) is 0 Å². The van der Waals surface area contributed by atoms with Gasteiger partial charge in [0, 0.05) is 26.2 Å². The number of nitrogens with one attached hydrogen (secondary N) is 1. The van der Waals surface area contributed by atoms with E-state index in [0.717, 1.165) is 12.8 Å². The molecule has 1 saturated heterocycles. The Bertz CT molecular complexity index is 415. The number of nitrogens with two attached hydrogens (primary N) is 1. The normalized spacial score (nSPS) is 20.1. The summed E-state index contributed by atoms with van der Waals surface area (Å²) in [5.74, 6) is 0.198. The molecule has 0 spiro atoms. The number of carbonyl (C=O) groups excluding carboxylic acids is 1. The molecule has 126 valence electrons. The average Bonchev–Trinajstić information content (AvgIpc) is 2.43. The number of halogens is 1. The van der Waals surface area contributed by atoms with Crippen molar-refractivity contribution in [3.63, 3.8) is 0 Å². The van der Waals surface area contributed by atoms with Gasteiger partial charge in [-0.25, -0.2) is 12.7 Å². The quantitative estimate of drug-likeness (QED) is 0.708. The fourth-order valence-electron chi connectivity index (χ4n) is 2.26. The molecule has 1 atom stereocenters. The second-order valence-electron chi connectivity index (χ2n) is 5.78. The minimum Gasteiger partial charge on any atom is -0.355 e. The smallest absolute Gasteiger partial charge is 0.224 e. The van der Waals surface area contributed by atoms with Gasteiger partial charge in [0.05, 0.1) is 11.7 Å². The largest absolute Gasteiger partial charge is 0.355 e. The van der Waals surface area contributed by atoms with Gasteiger partial charge in [-0.3, -0.25) is 4.79 Å². The van der Waals surface area contributed by atoms with Crippen molar-refractivity contribution in [2.75, 3.05) is 31.9 Å². The second kappa shape index (κ2) is 9.61. The van der Waals surface area contributed by atoms with Crippen molar-refractivity contribution in [2.24, 2.45) is 17.6 Å². The van der Waals surface area contributed by atoms with Crippen molar-refractivity contribution in [1.29, 1.82) is 0 Å².